The third-order valence-corrected chi connectivity index (χ3v) is 1.35. The van der Waals surface area contributed by atoms with Crippen molar-refractivity contribution in [3.8, 4) is 0 Å². The highest BCUT2D eigenvalue weighted by molar-refractivity contribution is 7.45. The van der Waals surface area contributed by atoms with Gasteiger partial charge < -0.3 is 19.8 Å². The summed E-state index contributed by atoms with van der Waals surface area (Å²) in [4.78, 5) is 31.8. The molecule has 4 N–H and O–H groups in total. The van der Waals surface area contributed by atoms with Crippen LogP contribution in [0, 0.1) is 0 Å². The van der Waals surface area contributed by atoms with Gasteiger partial charge >= 0.3 is 13.8 Å². The molecule has 0 aliphatic rings. The molecule has 0 amide bonds. The minimum absolute atomic E-state index is 0.452. The quantitative estimate of drug-likeness (QED) is 0.334. The van der Waals surface area contributed by atoms with E-state index >= 15 is 0 Å². The fourth-order valence-corrected chi connectivity index (χ4v) is 0.610. The Balaban J connectivity index is 0. The van der Waals surface area contributed by atoms with Gasteiger partial charge in [-0.25, -0.2) is 9.36 Å². The second-order valence-corrected chi connectivity index (χ2v) is 3.87. The van der Waals surface area contributed by atoms with E-state index in [0.717, 1.165) is 19.3 Å². The first kappa shape index (κ1) is 16.7. The molecule has 0 spiro atoms. The molecule has 0 fully saturated rings. The Bertz CT molecular complexity index is 246. The van der Waals surface area contributed by atoms with Crippen molar-refractivity contribution in [2.24, 2.45) is 0 Å². The van der Waals surface area contributed by atoms with E-state index in [4.69, 9.17) is 24.4 Å². The fourth-order valence-electron chi connectivity index (χ4n) is 0.610. The smallest absolute Gasteiger partial charge is 0.466 e. The number of phosphoric acid groups is 1. The topological polar surface area (TPSA) is 115 Å². The summed E-state index contributed by atoms with van der Waals surface area (Å²) >= 11 is 0. The van der Waals surface area contributed by atoms with E-state index in [2.05, 4.69) is 6.92 Å². The van der Waals surface area contributed by atoms with Crippen LogP contribution in [0.5, 0.6) is 0 Å². The first-order valence-corrected chi connectivity index (χ1v) is 5.93. The summed E-state index contributed by atoms with van der Waals surface area (Å²) in [6.07, 6.45) is 4.84. The van der Waals surface area contributed by atoms with Crippen LogP contribution in [0.3, 0.4) is 0 Å². The van der Waals surface area contributed by atoms with Gasteiger partial charge in [-0.2, -0.15) is 0 Å². The van der Waals surface area contributed by atoms with Gasteiger partial charge in [-0.3, -0.25) is 0 Å². The maximum absolute atomic E-state index is 10.2. The number of carboxylic acids is 1. The maximum Gasteiger partial charge on any atom is 0.466 e. The number of hydrogen-bond acceptors (Lipinski definition) is 2. The number of carbonyl (C=O) groups is 1. The zero-order valence-corrected chi connectivity index (χ0v) is 9.65. The lowest BCUT2D eigenvalue weighted by Crippen LogP contribution is -1.95. The summed E-state index contributed by atoms with van der Waals surface area (Å²) in [5.74, 6) is -0.809. The molecular formula is C8H17O6P. The molecule has 0 heterocycles. The Labute approximate surface area is 88.5 Å². The molecular weight excluding hydrogens is 223 g/mol. The molecule has 0 rings (SSSR count). The van der Waals surface area contributed by atoms with E-state index in [1.54, 1.807) is 13.0 Å². The monoisotopic (exact) mass is 240 g/mol. The average molecular weight is 240 g/mol. The van der Waals surface area contributed by atoms with Crippen molar-refractivity contribution in [1.82, 2.24) is 0 Å². The van der Waals surface area contributed by atoms with E-state index in [1.807, 2.05) is 0 Å². The van der Waals surface area contributed by atoms with E-state index in [0.29, 0.717) is 5.57 Å². The van der Waals surface area contributed by atoms with Gasteiger partial charge in [-0.1, -0.05) is 25.8 Å². The molecule has 90 valence electrons. The van der Waals surface area contributed by atoms with Crippen LogP contribution in [0.4, 0.5) is 0 Å². The second kappa shape index (κ2) is 8.61. The molecule has 0 aliphatic heterocycles. The summed E-state index contributed by atoms with van der Waals surface area (Å²) in [6, 6.07) is 0. The van der Waals surface area contributed by atoms with Crippen LogP contribution in [0.2, 0.25) is 0 Å². The van der Waals surface area contributed by atoms with Crippen molar-refractivity contribution in [3.05, 3.63) is 11.6 Å². The lowest BCUT2D eigenvalue weighted by Gasteiger charge is -1.91. The molecule has 0 saturated heterocycles. The molecule has 0 bridgehead atoms. The zero-order valence-electron chi connectivity index (χ0n) is 8.75. The first-order valence-electron chi connectivity index (χ1n) is 4.36. The van der Waals surface area contributed by atoms with Crippen molar-refractivity contribution in [2.45, 2.75) is 33.1 Å². The van der Waals surface area contributed by atoms with Gasteiger partial charge in [-0.05, 0) is 13.3 Å². The minimum atomic E-state index is -4.64. The number of aliphatic carboxylic acids is 1. The van der Waals surface area contributed by atoms with E-state index < -0.39 is 13.8 Å². The Morgan fingerprint density at radius 2 is 1.73 bits per heavy atom. The van der Waals surface area contributed by atoms with E-state index in [9.17, 15) is 4.79 Å². The lowest BCUT2D eigenvalue weighted by atomic mass is 10.2. The molecule has 6 nitrogen and oxygen atoms in total. The average Bonchev–Trinajstić information content (AvgIpc) is 2.01. The third kappa shape index (κ3) is 24.7. The summed E-state index contributed by atoms with van der Waals surface area (Å²) < 4.78 is 8.88. The number of carboxylic acid groups (broad SMARTS) is 1. The van der Waals surface area contributed by atoms with Gasteiger partial charge in [0.15, 0.2) is 0 Å². The maximum atomic E-state index is 10.2. The predicted octanol–water partition coefficient (Wildman–Crippen LogP) is 1.28. The van der Waals surface area contributed by atoms with Gasteiger partial charge in [0.25, 0.3) is 0 Å². The van der Waals surface area contributed by atoms with Crippen molar-refractivity contribution < 1.29 is 29.1 Å². The number of unbranched alkanes of at least 4 members (excludes halogenated alkanes) is 2. The van der Waals surface area contributed by atoms with Crippen LogP contribution < -0.4 is 0 Å². The van der Waals surface area contributed by atoms with Crippen LogP contribution in [0.25, 0.3) is 0 Å². The van der Waals surface area contributed by atoms with Gasteiger partial charge in [0, 0.05) is 5.57 Å². The normalized spacial score (nSPS) is 11.7. The first-order chi connectivity index (χ1) is 6.68. The highest BCUT2D eigenvalue weighted by atomic mass is 31.2. The third-order valence-electron chi connectivity index (χ3n) is 1.35. The van der Waals surface area contributed by atoms with Crippen LogP contribution in [0.1, 0.15) is 33.1 Å². The second-order valence-electron chi connectivity index (χ2n) is 2.85. The molecule has 0 unspecified atom stereocenters. The van der Waals surface area contributed by atoms with Gasteiger partial charge in [0.1, 0.15) is 0 Å². The molecule has 0 atom stereocenters. The Morgan fingerprint density at radius 1 is 1.33 bits per heavy atom. The molecule has 15 heavy (non-hydrogen) atoms. The van der Waals surface area contributed by atoms with Crippen LogP contribution >= 0.6 is 7.82 Å². The SMILES string of the molecule is CCCCC=C(C)C(=O)O.O=P(O)(O)O. The molecule has 0 saturated carbocycles. The van der Waals surface area contributed by atoms with Crippen molar-refractivity contribution in [2.75, 3.05) is 0 Å². The number of allylic oxidation sites excluding steroid dienone is 1. The molecule has 0 aromatic carbocycles. The van der Waals surface area contributed by atoms with Gasteiger partial charge in [-0.15, -0.1) is 0 Å². The van der Waals surface area contributed by atoms with Crippen LogP contribution in [-0.2, 0) is 9.36 Å². The van der Waals surface area contributed by atoms with Crippen LogP contribution in [0.15, 0.2) is 11.6 Å². The summed E-state index contributed by atoms with van der Waals surface area (Å²) in [7, 11) is -4.64. The molecule has 0 aliphatic carbocycles. The van der Waals surface area contributed by atoms with E-state index in [1.165, 1.54) is 0 Å². The molecule has 7 heteroatoms. The number of hydrogen-bond donors (Lipinski definition) is 4. The van der Waals surface area contributed by atoms with Crippen molar-refractivity contribution >= 4 is 13.8 Å². The van der Waals surface area contributed by atoms with Crippen LogP contribution in [-0.4, -0.2) is 25.8 Å². The van der Waals surface area contributed by atoms with Crippen molar-refractivity contribution in [3.63, 3.8) is 0 Å². The fraction of sp³-hybridized carbons (Fsp3) is 0.625. The van der Waals surface area contributed by atoms with E-state index in [-0.39, 0.29) is 0 Å². The van der Waals surface area contributed by atoms with Gasteiger partial charge in [0.05, 0.1) is 0 Å². The molecule has 0 aromatic heterocycles. The molecule has 0 radical (unpaired) electrons. The predicted molar refractivity (Wildman–Crippen MR) is 55.2 cm³/mol. The van der Waals surface area contributed by atoms with Gasteiger partial charge in [0.2, 0.25) is 0 Å². The zero-order chi connectivity index (χ0) is 12.5. The highest BCUT2D eigenvalue weighted by Crippen LogP contribution is 2.25. The Morgan fingerprint density at radius 3 is 2.00 bits per heavy atom. The largest absolute Gasteiger partial charge is 0.478 e. The summed E-state index contributed by atoms with van der Waals surface area (Å²) in [6.45, 7) is 3.71. The standard InChI is InChI=1S/C8H14O2.H3O4P/c1-3-4-5-6-7(2)8(9)10;1-5(2,3)4/h6H,3-5H2,1-2H3,(H,9,10);(H3,1,2,3,4). The summed E-state index contributed by atoms with van der Waals surface area (Å²) in [5, 5.41) is 8.41. The lowest BCUT2D eigenvalue weighted by molar-refractivity contribution is -0.132. The molecule has 0 aromatic rings. The van der Waals surface area contributed by atoms with Crippen molar-refractivity contribution in [1.29, 1.82) is 0 Å². The number of rotatable bonds is 4. The highest BCUT2D eigenvalue weighted by Gasteiger charge is 2.00. The minimum Gasteiger partial charge on any atom is -0.478 e. The Hall–Kier alpha value is -0.680. The summed E-state index contributed by atoms with van der Waals surface area (Å²) in [5.41, 5.74) is 0.452. The Kier molecular flexibility index (Phi) is 9.61.